The van der Waals surface area contributed by atoms with Gasteiger partial charge in [0.2, 0.25) is 9.84 Å². The van der Waals surface area contributed by atoms with E-state index in [1.54, 1.807) is 6.07 Å². The summed E-state index contributed by atoms with van der Waals surface area (Å²) >= 11 is 2.89. The minimum atomic E-state index is -4.49. The number of halogens is 3. The van der Waals surface area contributed by atoms with Gasteiger partial charge in [0.1, 0.15) is 0 Å². The predicted octanol–water partition coefficient (Wildman–Crippen LogP) is 2.45. The van der Waals surface area contributed by atoms with Crippen LogP contribution >= 0.6 is 15.9 Å². The molecule has 0 amide bonds. The Morgan fingerprint density at radius 3 is 2.23 bits per heavy atom. The van der Waals surface area contributed by atoms with Crippen LogP contribution in [0.1, 0.15) is 0 Å². The summed E-state index contributed by atoms with van der Waals surface area (Å²) in [6.07, 6.45) is 0. The molecule has 1 rings (SSSR count). The molecule has 0 aliphatic rings. The summed E-state index contributed by atoms with van der Waals surface area (Å²) in [5, 5.41) is 0. The third-order valence-electron chi connectivity index (χ3n) is 1.38. The molecule has 0 saturated carbocycles. The van der Waals surface area contributed by atoms with Gasteiger partial charge >= 0.3 is 5.76 Å². The summed E-state index contributed by atoms with van der Waals surface area (Å²) in [4.78, 5) is -0.384. The van der Waals surface area contributed by atoms with E-state index >= 15 is 0 Å². The molecule has 0 aliphatic heterocycles. The number of benzene rings is 1. The highest BCUT2D eigenvalue weighted by molar-refractivity contribution is 9.10. The fraction of sp³-hybridized carbons (Fsp3) is 0.143. The van der Waals surface area contributed by atoms with Gasteiger partial charge in [0.25, 0.3) is 0 Å². The van der Waals surface area contributed by atoms with Crippen LogP contribution in [0, 0.1) is 0 Å². The van der Waals surface area contributed by atoms with E-state index in [1.165, 1.54) is 12.1 Å². The van der Waals surface area contributed by atoms with Crippen LogP contribution in [0.15, 0.2) is 33.6 Å². The quantitative estimate of drug-likeness (QED) is 0.827. The lowest BCUT2D eigenvalue weighted by Gasteiger charge is -2.03. The Hall–Kier alpha value is -0.490. The van der Waals surface area contributed by atoms with Gasteiger partial charge in [0.15, 0.2) is 0 Å². The number of alkyl halides is 2. The van der Waals surface area contributed by atoms with Crippen molar-refractivity contribution in [2.24, 2.45) is 0 Å². The molecule has 1 aromatic carbocycles. The Morgan fingerprint density at radius 2 is 1.77 bits per heavy atom. The van der Waals surface area contributed by atoms with Crippen molar-refractivity contribution in [3.05, 3.63) is 28.7 Å². The van der Waals surface area contributed by atoms with E-state index in [2.05, 4.69) is 15.9 Å². The van der Waals surface area contributed by atoms with Crippen molar-refractivity contribution in [2.45, 2.75) is 10.7 Å². The monoisotopic (exact) mass is 270 g/mol. The molecule has 0 N–H and O–H groups in total. The molecule has 2 nitrogen and oxygen atoms in total. The summed E-state index contributed by atoms with van der Waals surface area (Å²) in [7, 11) is -4.49. The van der Waals surface area contributed by atoms with E-state index in [4.69, 9.17) is 0 Å². The fourth-order valence-corrected chi connectivity index (χ4v) is 2.53. The Balaban J connectivity index is 3.32. The van der Waals surface area contributed by atoms with Gasteiger partial charge in [-0.25, -0.2) is 8.42 Å². The van der Waals surface area contributed by atoms with Gasteiger partial charge in [0, 0.05) is 4.47 Å². The van der Waals surface area contributed by atoms with E-state index < -0.39 is 15.6 Å². The molecule has 0 spiro atoms. The van der Waals surface area contributed by atoms with Gasteiger partial charge < -0.3 is 0 Å². The second-order valence-corrected chi connectivity index (χ2v) is 4.98. The molecule has 0 bridgehead atoms. The highest BCUT2D eigenvalue weighted by Crippen LogP contribution is 2.25. The van der Waals surface area contributed by atoms with Gasteiger partial charge in [-0.15, -0.1) is 0 Å². The normalized spacial score (nSPS) is 12.0. The van der Waals surface area contributed by atoms with Crippen molar-refractivity contribution in [1.29, 1.82) is 0 Å². The first-order valence-corrected chi connectivity index (χ1v) is 5.57. The molecule has 0 atom stereocenters. The molecule has 0 aromatic heterocycles. The van der Waals surface area contributed by atoms with Crippen molar-refractivity contribution in [1.82, 2.24) is 0 Å². The molecule has 6 heteroatoms. The predicted molar refractivity (Wildman–Crippen MR) is 47.3 cm³/mol. The minimum absolute atomic E-state index is 0.148. The van der Waals surface area contributed by atoms with Crippen molar-refractivity contribution >= 4 is 25.8 Å². The smallest absolute Gasteiger partial charge is 0.218 e. The maximum absolute atomic E-state index is 12.1. The van der Waals surface area contributed by atoms with E-state index in [0.717, 1.165) is 6.07 Å². The highest BCUT2D eigenvalue weighted by atomic mass is 79.9. The van der Waals surface area contributed by atoms with Crippen LogP contribution < -0.4 is 0 Å². The van der Waals surface area contributed by atoms with Gasteiger partial charge in [0.05, 0.1) is 4.90 Å². The van der Waals surface area contributed by atoms with Gasteiger partial charge in [-0.05, 0) is 28.1 Å². The summed E-state index contributed by atoms with van der Waals surface area (Å²) in [6, 6.07) is 5.47. The molecule has 0 radical (unpaired) electrons. The average Bonchev–Trinajstić information content (AvgIpc) is 2.04. The number of hydrogen-bond donors (Lipinski definition) is 0. The lowest BCUT2D eigenvalue weighted by Crippen LogP contribution is -2.11. The summed E-state index contributed by atoms with van der Waals surface area (Å²) in [6.45, 7) is 0. The van der Waals surface area contributed by atoms with Crippen molar-refractivity contribution in [3.63, 3.8) is 0 Å². The van der Waals surface area contributed by atoms with Gasteiger partial charge in [-0.3, -0.25) is 0 Å². The number of hydrogen-bond acceptors (Lipinski definition) is 2. The lowest BCUT2D eigenvalue weighted by molar-refractivity contribution is 0.234. The first-order valence-electron chi connectivity index (χ1n) is 3.23. The molecular weight excluding hydrogens is 266 g/mol. The third kappa shape index (κ3) is 2.05. The number of rotatable bonds is 2. The van der Waals surface area contributed by atoms with Crippen LogP contribution in [0.25, 0.3) is 0 Å². The lowest BCUT2D eigenvalue weighted by atomic mass is 10.4. The standard InChI is InChI=1S/C7H5BrF2O2S/c8-5-3-1-2-4-6(5)13(11,12)7(9)10/h1-4,7H. The van der Waals surface area contributed by atoms with Crippen LogP contribution in [0.2, 0.25) is 0 Å². The molecule has 72 valence electrons. The zero-order chi connectivity index (χ0) is 10.1. The first kappa shape index (κ1) is 10.6. The van der Waals surface area contributed by atoms with Crippen molar-refractivity contribution in [2.75, 3.05) is 0 Å². The van der Waals surface area contributed by atoms with Crippen LogP contribution in [-0.2, 0) is 9.84 Å². The van der Waals surface area contributed by atoms with E-state index in [9.17, 15) is 17.2 Å². The van der Waals surface area contributed by atoms with Crippen LogP contribution in [-0.4, -0.2) is 14.2 Å². The zero-order valence-corrected chi connectivity index (χ0v) is 8.65. The molecule has 0 heterocycles. The third-order valence-corrected chi connectivity index (χ3v) is 3.77. The minimum Gasteiger partial charge on any atom is -0.218 e. The Kier molecular flexibility index (Phi) is 3.02. The molecule has 0 aliphatic carbocycles. The zero-order valence-electron chi connectivity index (χ0n) is 6.25. The summed E-state index contributed by atoms with van der Waals surface area (Å²) in [5.41, 5.74) is 0. The fourth-order valence-electron chi connectivity index (χ4n) is 0.771. The maximum Gasteiger partial charge on any atom is 0.341 e. The molecule has 13 heavy (non-hydrogen) atoms. The van der Waals surface area contributed by atoms with E-state index in [0.29, 0.717) is 0 Å². The second kappa shape index (κ2) is 3.71. The van der Waals surface area contributed by atoms with Crippen LogP contribution in [0.3, 0.4) is 0 Å². The highest BCUT2D eigenvalue weighted by Gasteiger charge is 2.28. The molecule has 0 unspecified atom stereocenters. The van der Waals surface area contributed by atoms with Gasteiger partial charge in [-0.2, -0.15) is 8.78 Å². The van der Waals surface area contributed by atoms with Gasteiger partial charge in [-0.1, -0.05) is 12.1 Å². The Morgan fingerprint density at radius 1 is 1.23 bits per heavy atom. The topological polar surface area (TPSA) is 34.1 Å². The molecule has 0 saturated heterocycles. The van der Waals surface area contributed by atoms with Crippen molar-refractivity contribution in [3.8, 4) is 0 Å². The molecule has 0 fully saturated rings. The van der Waals surface area contributed by atoms with Crippen molar-refractivity contribution < 1.29 is 17.2 Å². The number of sulfone groups is 1. The SMILES string of the molecule is O=S(=O)(c1ccccc1Br)C(F)F. The summed E-state index contributed by atoms with van der Waals surface area (Å²) < 4.78 is 46.2. The summed E-state index contributed by atoms with van der Waals surface area (Å²) in [5.74, 6) is -3.38. The first-order chi connectivity index (χ1) is 5.96. The van der Waals surface area contributed by atoms with E-state index in [-0.39, 0.29) is 9.37 Å². The Bertz CT molecular complexity index is 403. The van der Waals surface area contributed by atoms with Crippen LogP contribution in [0.5, 0.6) is 0 Å². The molecular formula is C7H5BrF2O2S. The molecule has 1 aromatic rings. The second-order valence-electron chi connectivity index (χ2n) is 2.24. The average molecular weight is 271 g/mol. The Labute approximate surface area is 82.6 Å². The largest absolute Gasteiger partial charge is 0.341 e. The van der Waals surface area contributed by atoms with Crippen LogP contribution in [0.4, 0.5) is 8.78 Å². The maximum atomic E-state index is 12.1. The van der Waals surface area contributed by atoms with E-state index in [1.807, 2.05) is 0 Å².